The molecule has 5 rings (SSSR count). The molecule has 2 heterocycles. The lowest BCUT2D eigenvalue weighted by Crippen LogP contribution is -2.29. The third-order valence-electron chi connectivity index (χ3n) is 7.14. The number of pyridine rings is 1. The fourth-order valence-electron chi connectivity index (χ4n) is 5.11. The number of hydrogen-bond donors (Lipinski definition) is 0. The molecule has 218 valence electrons. The van der Waals surface area contributed by atoms with Gasteiger partial charge < -0.3 is 14.0 Å². The van der Waals surface area contributed by atoms with E-state index in [0.717, 1.165) is 38.9 Å². The van der Waals surface area contributed by atoms with Crippen LogP contribution in [-0.2, 0) is 29.1 Å². The first-order valence-electron chi connectivity index (χ1n) is 14.1. The van der Waals surface area contributed by atoms with Gasteiger partial charge in [0.2, 0.25) is 0 Å². The molecular weight excluding hydrogens is 655 g/mol. The zero-order valence-electron chi connectivity index (χ0n) is 25.0. The number of esters is 1. The first kappa shape index (κ1) is 30.4. The fraction of sp³-hybridized carbons (Fsp3) is 0.314. The predicted octanol–water partition coefficient (Wildman–Crippen LogP) is 9.05. The number of carbonyl (C=O) groups excluding carboxylic acids is 1. The highest BCUT2D eigenvalue weighted by Gasteiger charge is 2.33. The Balaban J connectivity index is 1.59. The van der Waals surface area contributed by atoms with Crippen LogP contribution in [0.15, 0.2) is 83.8 Å². The molecule has 0 N–H and O–H groups in total. The van der Waals surface area contributed by atoms with Gasteiger partial charge >= 0.3 is 5.97 Å². The molecule has 0 atom stereocenters. The highest BCUT2D eigenvalue weighted by Crippen LogP contribution is 2.44. The average molecular weight is 693 g/mol. The molecule has 7 heteroatoms. The van der Waals surface area contributed by atoms with Crippen molar-refractivity contribution in [1.29, 1.82) is 0 Å². The van der Waals surface area contributed by atoms with E-state index >= 15 is 0 Å². The van der Waals surface area contributed by atoms with Crippen molar-refractivity contribution in [2.24, 2.45) is 5.41 Å². The molecule has 2 aromatic heterocycles. The van der Waals surface area contributed by atoms with Crippen LogP contribution in [0.25, 0.3) is 21.8 Å². The highest BCUT2D eigenvalue weighted by atomic mass is 127. The minimum atomic E-state index is -0.693. The summed E-state index contributed by atoms with van der Waals surface area (Å²) in [4.78, 5) is 18.8. The van der Waals surface area contributed by atoms with E-state index in [9.17, 15) is 4.79 Å². The molecule has 5 nitrogen and oxygen atoms in total. The van der Waals surface area contributed by atoms with Gasteiger partial charge in [0.1, 0.15) is 12.4 Å². The number of para-hydroxylation sites is 1. The summed E-state index contributed by atoms with van der Waals surface area (Å²) >= 11 is 4.17. The van der Waals surface area contributed by atoms with Crippen LogP contribution in [0, 0.1) is 8.99 Å². The van der Waals surface area contributed by atoms with Crippen LogP contribution < -0.4 is 4.74 Å². The Hall–Kier alpha value is -3.04. The summed E-state index contributed by atoms with van der Waals surface area (Å²) in [6, 6.07) is 27.2. The van der Waals surface area contributed by atoms with Gasteiger partial charge in [-0.3, -0.25) is 4.79 Å². The van der Waals surface area contributed by atoms with E-state index in [0.29, 0.717) is 19.6 Å². The smallest absolute Gasteiger partial charge is 0.311 e. The second-order valence-electron chi connectivity index (χ2n) is 12.2. The molecule has 0 aliphatic rings. The highest BCUT2D eigenvalue weighted by molar-refractivity contribution is 14.1. The van der Waals surface area contributed by atoms with E-state index in [4.69, 9.17) is 14.5 Å². The largest absolute Gasteiger partial charge is 0.487 e. The summed E-state index contributed by atoms with van der Waals surface area (Å²) < 4.78 is 15.1. The molecule has 3 aromatic carbocycles. The minimum absolute atomic E-state index is 0.0436. The van der Waals surface area contributed by atoms with E-state index in [-0.39, 0.29) is 10.7 Å². The maximum absolute atomic E-state index is 12.8. The predicted molar refractivity (Wildman–Crippen MR) is 181 cm³/mol. The molecule has 42 heavy (non-hydrogen) atoms. The number of rotatable bonds is 9. The number of fused-ring (bicyclic) bond motifs is 2. The lowest BCUT2D eigenvalue weighted by atomic mass is 9.87. The van der Waals surface area contributed by atoms with Gasteiger partial charge in [-0.05, 0) is 84.5 Å². The lowest BCUT2D eigenvalue weighted by molar-refractivity contribution is -0.150. The summed E-state index contributed by atoms with van der Waals surface area (Å²) in [5.74, 6) is 0.575. The van der Waals surface area contributed by atoms with Crippen LogP contribution in [-0.4, -0.2) is 27.4 Å². The Morgan fingerprint density at radius 2 is 1.69 bits per heavy atom. The van der Waals surface area contributed by atoms with E-state index < -0.39 is 5.41 Å². The zero-order chi connectivity index (χ0) is 30.1. The summed E-state index contributed by atoms with van der Waals surface area (Å²) in [6.07, 6.45) is 0.550. The van der Waals surface area contributed by atoms with Gasteiger partial charge in [0, 0.05) is 48.2 Å². The Labute approximate surface area is 266 Å². The number of thioether (sulfide) groups is 1. The number of hydrogen-bond acceptors (Lipinski definition) is 5. The second-order valence-corrected chi connectivity index (χ2v) is 15.3. The van der Waals surface area contributed by atoms with Gasteiger partial charge in [-0.15, -0.1) is 11.8 Å². The van der Waals surface area contributed by atoms with Crippen molar-refractivity contribution in [3.63, 3.8) is 0 Å². The number of aromatic nitrogens is 2. The molecule has 0 fully saturated rings. The number of nitrogens with zero attached hydrogens (tertiary/aromatic N) is 2. The molecule has 0 spiro atoms. The zero-order valence-corrected chi connectivity index (χ0v) is 28.0. The van der Waals surface area contributed by atoms with Crippen molar-refractivity contribution in [2.45, 2.75) is 63.8 Å². The second kappa shape index (κ2) is 12.3. The van der Waals surface area contributed by atoms with E-state index in [1.807, 2.05) is 55.9 Å². The van der Waals surface area contributed by atoms with Crippen molar-refractivity contribution >= 4 is 62.1 Å². The Kier molecular flexibility index (Phi) is 8.90. The van der Waals surface area contributed by atoms with Crippen molar-refractivity contribution in [3.05, 3.63) is 99.4 Å². The van der Waals surface area contributed by atoms with Crippen molar-refractivity contribution in [1.82, 2.24) is 9.55 Å². The number of benzene rings is 3. The molecule has 0 aliphatic carbocycles. The van der Waals surface area contributed by atoms with Crippen LogP contribution in [0.5, 0.6) is 5.75 Å². The number of methoxy groups -OCH3 is 1. The van der Waals surface area contributed by atoms with Gasteiger partial charge in [-0.25, -0.2) is 4.98 Å². The van der Waals surface area contributed by atoms with E-state index in [2.05, 4.69) is 96.5 Å². The molecule has 0 amide bonds. The van der Waals surface area contributed by atoms with Crippen LogP contribution in [0.3, 0.4) is 0 Å². The van der Waals surface area contributed by atoms with Gasteiger partial charge in [-0.2, -0.15) is 0 Å². The summed E-state index contributed by atoms with van der Waals surface area (Å²) in [5.41, 5.74) is 4.61. The maximum atomic E-state index is 12.8. The number of carbonyl (C=O) groups is 1. The quantitative estimate of drug-likeness (QED) is 0.0877. The molecule has 0 aliphatic heterocycles. The molecule has 0 saturated heterocycles. The van der Waals surface area contributed by atoms with Crippen molar-refractivity contribution in [3.8, 4) is 5.75 Å². The van der Waals surface area contributed by atoms with E-state index in [1.165, 1.54) is 21.1 Å². The number of halogens is 1. The van der Waals surface area contributed by atoms with Crippen molar-refractivity contribution in [2.75, 3.05) is 7.11 Å². The summed E-state index contributed by atoms with van der Waals surface area (Å²) in [6.45, 7) is 11.7. The summed E-state index contributed by atoms with van der Waals surface area (Å²) in [7, 11) is 1.46. The number of ether oxygens (including phenoxy) is 2. The Morgan fingerprint density at radius 1 is 0.952 bits per heavy atom. The third-order valence-corrected chi connectivity index (χ3v) is 9.13. The van der Waals surface area contributed by atoms with Gasteiger partial charge in [-0.1, -0.05) is 57.2 Å². The molecule has 0 bridgehead atoms. The van der Waals surface area contributed by atoms with Crippen LogP contribution in [0.4, 0.5) is 0 Å². The first-order valence-corrected chi connectivity index (χ1v) is 16.0. The molecule has 0 radical (unpaired) electrons. The monoisotopic (exact) mass is 692 g/mol. The van der Waals surface area contributed by atoms with Crippen molar-refractivity contribution < 1.29 is 14.3 Å². The third kappa shape index (κ3) is 6.94. The van der Waals surface area contributed by atoms with Crippen LogP contribution in [0.1, 0.15) is 51.6 Å². The molecular formula is C35H37IN2O3S. The van der Waals surface area contributed by atoms with Gasteiger partial charge in [0.05, 0.1) is 23.7 Å². The first-order chi connectivity index (χ1) is 19.9. The van der Waals surface area contributed by atoms with Crippen LogP contribution >= 0.6 is 34.4 Å². The van der Waals surface area contributed by atoms with Crippen LogP contribution in [0.2, 0.25) is 0 Å². The standard InChI is InChI=1S/C35H37IN2O3S/c1-34(2,3)42-32-28-19-27(41-22-26-16-13-24-9-7-8-10-29(24)37-26)17-18-30(28)38(21-23-11-14-25(36)15-12-23)31(32)20-35(4,5)33(39)40-6/h7-19H,20-22H2,1-6H3. The Bertz CT molecular complexity index is 1740. The topological polar surface area (TPSA) is 53.4 Å². The Morgan fingerprint density at radius 3 is 2.40 bits per heavy atom. The minimum Gasteiger partial charge on any atom is -0.487 e. The van der Waals surface area contributed by atoms with Gasteiger partial charge in [0.15, 0.2) is 0 Å². The molecule has 0 unspecified atom stereocenters. The fourth-order valence-corrected chi connectivity index (χ4v) is 6.65. The average Bonchev–Trinajstić information content (AvgIpc) is 3.21. The summed E-state index contributed by atoms with van der Waals surface area (Å²) in [5, 5.41) is 2.24. The molecule has 0 saturated carbocycles. The van der Waals surface area contributed by atoms with Gasteiger partial charge in [0.25, 0.3) is 0 Å². The lowest BCUT2D eigenvalue weighted by Gasteiger charge is -2.25. The SMILES string of the molecule is COC(=O)C(C)(C)Cc1c(SC(C)(C)C)c2cc(OCc3ccc4ccccc4n3)ccc2n1Cc1ccc(I)cc1. The van der Waals surface area contributed by atoms with E-state index in [1.54, 1.807) is 0 Å². The molecule has 5 aromatic rings. The normalized spacial score (nSPS) is 12.2. The maximum Gasteiger partial charge on any atom is 0.311 e.